The Hall–Kier alpha value is -1.35. The Balaban J connectivity index is 0.00000300. The summed E-state index contributed by atoms with van der Waals surface area (Å²) >= 11 is 0. The molecule has 3 rings (SSSR count). The lowest BCUT2D eigenvalue weighted by molar-refractivity contribution is -0.122. The molecule has 0 spiro atoms. The van der Waals surface area contributed by atoms with Crippen molar-refractivity contribution in [2.24, 2.45) is 16.3 Å². The van der Waals surface area contributed by atoms with Crippen LogP contribution in [0.5, 0.6) is 0 Å². The predicted octanol–water partition coefficient (Wildman–Crippen LogP) is 3.92. The molecule has 0 unspecified atom stereocenters. The van der Waals surface area contributed by atoms with Gasteiger partial charge in [-0.25, -0.2) is 0 Å². The normalized spacial score (nSPS) is 18.1. The molecule has 0 heterocycles. The van der Waals surface area contributed by atoms with Crippen LogP contribution < -0.4 is 16.0 Å². The Morgan fingerprint density at radius 2 is 2.03 bits per heavy atom. The zero-order chi connectivity index (χ0) is 19.8. The molecule has 2 fully saturated rings. The summed E-state index contributed by atoms with van der Waals surface area (Å²) in [6.07, 6.45) is 8.10. The average molecular weight is 514 g/mol. The summed E-state index contributed by atoms with van der Waals surface area (Å²) in [7, 11) is 3.57. The molecule has 0 saturated heterocycles. The number of halogens is 1. The molecule has 1 aromatic carbocycles. The number of rotatable bonds is 9. The van der Waals surface area contributed by atoms with E-state index >= 15 is 0 Å². The van der Waals surface area contributed by atoms with Crippen LogP contribution in [0.3, 0.4) is 0 Å². The lowest BCUT2D eigenvalue weighted by atomic mass is 9.67. The number of amides is 1. The van der Waals surface area contributed by atoms with E-state index in [1.807, 2.05) is 18.2 Å². The van der Waals surface area contributed by atoms with Gasteiger partial charge in [0.1, 0.15) is 0 Å². The number of hydrogen-bond donors (Lipinski definition) is 3. The molecule has 0 atom stereocenters. The van der Waals surface area contributed by atoms with E-state index in [4.69, 9.17) is 4.74 Å². The first kappa shape index (κ1) is 23.9. The number of methoxy groups -OCH3 is 1. The minimum absolute atomic E-state index is 0. The molecule has 2 aliphatic carbocycles. The fraction of sp³-hybridized carbons (Fsp3) is 0.636. The maximum absolute atomic E-state index is 12.1. The van der Waals surface area contributed by atoms with Crippen molar-refractivity contribution in [1.29, 1.82) is 0 Å². The van der Waals surface area contributed by atoms with Crippen molar-refractivity contribution < 1.29 is 9.53 Å². The van der Waals surface area contributed by atoms with Gasteiger partial charge >= 0.3 is 0 Å². The molecule has 7 heteroatoms. The highest BCUT2D eigenvalue weighted by Crippen LogP contribution is 2.43. The Morgan fingerprint density at radius 3 is 2.62 bits per heavy atom. The van der Waals surface area contributed by atoms with Gasteiger partial charge < -0.3 is 20.7 Å². The van der Waals surface area contributed by atoms with E-state index in [-0.39, 0.29) is 35.8 Å². The molecular formula is C22H35IN4O2. The summed E-state index contributed by atoms with van der Waals surface area (Å²) in [6, 6.07) is 8.02. The first-order chi connectivity index (χ1) is 13.6. The van der Waals surface area contributed by atoms with Gasteiger partial charge in [-0.2, -0.15) is 0 Å². The van der Waals surface area contributed by atoms with E-state index < -0.39 is 0 Å². The number of hydrogen-bond acceptors (Lipinski definition) is 3. The van der Waals surface area contributed by atoms with Crippen molar-refractivity contribution in [3.05, 3.63) is 29.8 Å². The van der Waals surface area contributed by atoms with E-state index in [1.165, 1.54) is 25.7 Å². The monoisotopic (exact) mass is 514 g/mol. The van der Waals surface area contributed by atoms with Crippen molar-refractivity contribution in [3.63, 3.8) is 0 Å². The first-order valence-corrected chi connectivity index (χ1v) is 10.5. The fourth-order valence-corrected chi connectivity index (χ4v) is 3.86. The number of aliphatic imine (C=N–C) groups is 1. The van der Waals surface area contributed by atoms with Gasteiger partial charge in [-0.15, -0.1) is 24.0 Å². The number of anilines is 1. The average Bonchev–Trinajstić information content (AvgIpc) is 2.61. The molecule has 1 amide bonds. The van der Waals surface area contributed by atoms with Crippen LogP contribution in [-0.2, 0) is 16.1 Å². The second-order valence-electron chi connectivity index (χ2n) is 8.19. The van der Waals surface area contributed by atoms with Gasteiger partial charge in [0.2, 0.25) is 5.91 Å². The largest absolute Gasteiger partial charge is 0.385 e. The van der Waals surface area contributed by atoms with E-state index in [2.05, 4.69) is 27.0 Å². The summed E-state index contributed by atoms with van der Waals surface area (Å²) in [5.74, 6) is 1.16. The van der Waals surface area contributed by atoms with Crippen molar-refractivity contribution in [2.45, 2.75) is 51.5 Å². The van der Waals surface area contributed by atoms with Gasteiger partial charge in [0, 0.05) is 45.5 Å². The highest BCUT2D eigenvalue weighted by molar-refractivity contribution is 14.0. The van der Waals surface area contributed by atoms with E-state index in [1.54, 1.807) is 14.2 Å². The minimum Gasteiger partial charge on any atom is -0.385 e. The third-order valence-corrected chi connectivity index (χ3v) is 6.24. The van der Waals surface area contributed by atoms with Gasteiger partial charge in [0.15, 0.2) is 5.96 Å². The highest BCUT2D eigenvalue weighted by atomic mass is 127. The van der Waals surface area contributed by atoms with Crippen LogP contribution in [0, 0.1) is 11.3 Å². The van der Waals surface area contributed by atoms with Gasteiger partial charge in [0.05, 0.1) is 0 Å². The molecule has 0 radical (unpaired) electrons. The number of nitrogens with one attached hydrogen (secondary N) is 3. The second-order valence-corrected chi connectivity index (χ2v) is 8.19. The SMILES string of the molecule is CN=C(NCc1cccc(NC(=O)C2CCC2)c1)NCC1(CCOC)CCC1.I. The number of nitrogens with zero attached hydrogens (tertiary/aromatic N) is 1. The molecule has 3 N–H and O–H groups in total. The third-order valence-electron chi connectivity index (χ3n) is 6.24. The summed E-state index contributed by atoms with van der Waals surface area (Å²) in [5, 5.41) is 9.91. The molecule has 0 aromatic heterocycles. The smallest absolute Gasteiger partial charge is 0.227 e. The summed E-state index contributed by atoms with van der Waals surface area (Å²) in [6.45, 7) is 2.40. The van der Waals surface area contributed by atoms with Crippen molar-refractivity contribution in [3.8, 4) is 0 Å². The van der Waals surface area contributed by atoms with Crippen molar-refractivity contribution >= 4 is 41.5 Å². The second kappa shape index (κ2) is 11.7. The third kappa shape index (κ3) is 6.84. The maximum atomic E-state index is 12.1. The van der Waals surface area contributed by atoms with E-state index in [9.17, 15) is 4.79 Å². The highest BCUT2D eigenvalue weighted by Gasteiger charge is 2.36. The standard InChI is InChI=1S/C22H34N4O2.HI/c1-23-21(25-16-22(10-5-11-22)12-13-28-2)24-15-17-6-3-9-19(14-17)26-20(27)18-7-4-8-18;/h3,6,9,14,18H,4-5,7-8,10-13,15-16H2,1-2H3,(H,26,27)(H2,23,24,25);1H. The number of benzene rings is 1. The van der Waals surface area contributed by atoms with Crippen molar-refractivity contribution in [2.75, 3.05) is 32.6 Å². The minimum atomic E-state index is 0. The van der Waals surface area contributed by atoms with Crippen LogP contribution in [-0.4, -0.2) is 39.2 Å². The molecule has 2 aliphatic rings. The van der Waals surface area contributed by atoms with Crippen LogP contribution in [0.1, 0.15) is 50.5 Å². The van der Waals surface area contributed by atoms with E-state index in [0.29, 0.717) is 12.0 Å². The maximum Gasteiger partial charge on any atom is 0.227 e. The van der Waals surface area contributed by atoms with Gasteiger partial charge in [-0.3, -0.25) is 9.79 Å². The topological polar surface area (TPSA) is 74.8 Å². The van der Waals surface area contributed by atoms with Crippen LogP contribution in [0.15, 0.2) is 29.3 Å². The number of carbonyl (C=O) groups is 1. The molecule has 0 aliphatic heterocycles. The Bertz CT molecular complexity index is 687. The molecule has 6 nitrogen and oxygen atoms in total. The lowest BCUT2D eigenvalue weighted by Crippen LogP contribution is -2.46. The fourth-order valence-electron chi connectivity index (χ4n) is 3.86. The zero-order valence-corrected chi connectivity index (χ0v) is 20.0. The van der Waals surface area contributed by atoms with Crippen molar-refractivity contribution in [1.82, 2.24) is 10.6 Å². The Morgan fingerprint density at radius 1 is 1.24 bits per heavy atom. The first-order valence-electron chi connectivity index (χ1n) is 10.5. The van der Waals surface area contributed by atoms with Crippen LogP contribution in [0.25, 0.3) is 0 Å². The zero-order valence-electron chi connectivity index (χ0n) is 17.6. The number of ether oxygens (including phenoxy) is 1. The van der Waals surface area contributed by atoms with Crippen LogP contribution >= 0.6 is 24.0 Å². The lowest BCUT2D eigenvalue weighted by Gasteiger charge is -2.42. The molecule has 1 aromatic rings. The molecular weight excluding hydrogens is 479 g/mol. The molecule has 29 heavy (non-hydrogen) atoms. The molecule has 0 bridgehead atoms. The predicted molar refractivity (Wildman–Crippen MR) is 129 cm³/mol. The molecule has 2 saturated carbocycles. The van der Waals surface area contributed by atoms with Gasteiger partial charge in [0.25, 0.3) is 0 Å². The van der Waals surface area contributed by atoms with Gasteiger partial charge in [-0.1, -0.05) is 25.0 Å². The summed E-state index contributed by atoms with van der Waals surface area (Å²) < 4.78 is 5.27. The number of carbonyl (C=O) groups excluding carboxylic acids is 1. The van der Waals surface area contributed by atoms with E-state index in [0.717, 1.165) is 49.6 Å². The van der Waals surface area contributed by atoms with Crippen LogP contribution in [0.2, 0.25) is 0 Å². The summed E-state index contributed by atoms with van der Waals surface area (Å²) in [5.41, 5.74) is 2.33. The molecule has 162 valence electrons. The van der Waals surface area contributed by atoms with Gasteiger partial charge in [-0.05, 0) is 55.2 Å². The Kier molecular flexibility index (Phi) is 9.68. The summed E-state index contributed by atoms with van der Waals surface area (Å²) in [4.78, 5) is 16.5. The quantitative estimate of drug-likeness (QED) is 0.266. The van der Waals surface area contributed by atoms with Crippen LogP contribution in [0.4, 0.5) is 5.69 Å². The number of guanidine groups is 1. The Labute approximate surface area is 191 Å².